The molecule has 0 saturated heterocycles. The van der Waals surface area contributed by atoms with Crippen LogP contribution in [0, 0.1) is 0 Å². The van der Waals surface area contributed by atoms with Crippen LogP contribution >= 0.6 is 0 Å². The van der Waals surface area contributed by atoms with Crippen molar-refractivity contribution in [2.24, 2.45) is 0 Å². The Morgan fingerprint density at radius 2 is 1.06 bits per heavy atom. The minimum absolute atomic E-state index is 0.0374. The number of unbranched alkanes of at least 4 members (excludes halogenated alkanes) is 12. The van der Waals surface area contributed by atoms with E-state index in [9.17, 15) is 19.5 Å². The lowest BCUT2D eigenvalue weighted by Crippen LogP contribution is -2.16. The van der Waals surface area contributed by atoms with Gasteiger partial charge >= 0.3 is 17.9 Å². The summed E-state index contributed by atoms with van der Waals surface area (Å²) in [6.45, 7) is 5.39. The molecule has 0 aliphatic rings. The number of hydrogen-bond donors (Lipinski definition) is 1. The maximum atomic E-state index is 12.9. The number of rotatable bonds is 23. The Hall–Kier alpha value is -4.18. The summed E-state index contributed by atoms with van der Waals surface area (Å²) >= 11 is 0. The Morgan fingerprint density at radius 3 is 1.57 bits per heavy atom. The van der Waals surface area contributed by atoms with Gasteiger partial charge in [-0.25, -0.2) is 14.6 Å². The largest absolute Gasteiger partial charge is 0.459 e. The number of ether oxygens (including phenoxy) is 3. The molecule has 1 N–H and O–H groups in total. The summed E-state index contributed by atoms with van der Waals surface area (Å²) in [4.78, 5) is 50.9. The molecule has 3 rings (SSSR count). The fraction of sp³-hybridized carbons (Fsp3) is 0.538. The number of hydrogen-bond acceptors (Lipinski definition) is 10. The molecule has 10 heteroatoms. The molecule has 0 fully saturated rings. The van der Waals surface area contributed by atoms with Crippen molar-refractivity contribution >= 4 is 17.9 Å². The van der Waals surface area contributed by atoms with Gasteiger partial charge in [0.15, 0.2) is 0 Å². The minimum Gasteiger partial charge on any atom is -0.459 e. The van der Waals surface area contributed by atoms with Crippen LogP contribution in [-0.4, -0.2) is 38.0 Å². The molecule has 10 nitrogen and oxygen atoms in total. The van der Waals surface area contributed by atoms with Crippen molar-refractivity contribution in [3.63, 3.8) is 0 Å². The van der Waals surface area contributed by atoms with Gasteiger partial charge in [0.05, 0.1) is 29.4 Å². The molecule has 0 radical (unpaired) electrons. The molecule has 0 aliphatic heterocycles. The molecule has 3 heterocycles. The van der Waals surface area contributed by atoms with Gasteiger partial charge in [-0.05, 0) is 56.7 Å². The highest BCUT2D eigenvalue weighted by atomic mass is 16.6. The van der Waals surface area contributed by atoms with Crippen molar-refractivity contribution in [2.45, 2.75) is 136 Å². The maximum absolute atomic E-state index is 12.9. The molecule has 0 spiro atoms. The molecule has 2 atom stereocenters. The van der Waals surface area contributed by atoms with Gasteiger partial charge in [-0.3, -0.25) is 14.8 Å². The van der Waals surface area contributed by atoms with Crippen LogP contribution < -0.4 is 0 Å². The lowest BCUT2D eigenvalue weighted by Gasteiger charge is -2.15. The van der Waals surface area contributed by atoms with Crippen LogP contribution in [0.3, 0.4) is 0 Å². The SMILES string of the molecule is CCCCCCCCCCCCCCCC(=O)OCc1cccc([C@@H](C)OC(=O)c2cccc(C(=O)O[C@@H](C)c3cccc(CO)n3)n2)n1. The van der Waals surface area contributed by atoms with Crippen LogP contribution in [0.4, 0.5) is 0 Å². The molecule has 0 bridgehead atoms. The van der Waals surface area contributed by atoms with E-state index in [-0.39, 0.29) is 30.6 Å². The van der Waals surface area contributed by atoms with Crippen LogP contribution in [-0.2, 0) is 32.2 Å². The summed E-state index contributed by atoms with van der Waals surface area (Å²) in [7, 11) is 0. The second-order valence-corrected chi connectivity index (χ2v) is 12.4. The summed E-state index contributed by atoms with van der Waals surface area (Å²) < 4.78 is 16.5. The number of nitrogens with zero attached hydrogens (tertiary/aromatic N) is 3. The summed E-state index contributed by atoms with van der Waals surface area (Å²) in [6.07, 6.45) is 15.2. The number of aliphatic hydroxyl groups excluding tert-OH is 1. The highest BCUT2D eigenvalue weighted by molar-refractivity contribution is 5.91. The number of carbonyl (C=O) groups is 3. The summed E-state index contributed by atoms with van der Waals surface area (Å²) in [5, 5.41) is 9.32. The molecule has 0 saturated carbocycles. The van der Waals surface area contributed by atoms with Crippen molar-refractivity contribution < 1.29 is 33.7 Å². The first-order valence-corrected chi connectivity index (χ1v) is 17.9. The molecule has 0 unspecified atom stereocenters. The Morgan fingerprint density at radius 1 is 0.612 bits per heavy atom. The van der Waals surface area contributed by atoms with Crippen molar-refractivity contribution in [1.82, 2.24) is 15.0 Å². The van der Waals surface area contributed by atoms with E-state index >= 15 is 0 Å². The monoisotopic (exact) mass is 675 g/mol. The minimum atomic E-state index is -0.732. The lowest BCUT2D eigenvalue weighted by molar-refractivity contribution is -0.145. The number of pyridine rings is 3. The molecular formula is C39H53N3O7. The molecule has 266 valence electrons. The number of esters is 3. The number of aromatic nitrogens is 3. The molecular weight excluding hydrogens is 622 g/mol. The predicted molar refractivity (Wildman–Crippen MR) is 186 cm³/mol. The smallest absolute Gasteiger partial charge is 0.357 e. The molecule has 0 aromatic carbocycles. The molecule has 3 aromatic heterocycles. The van der Waals surface area contributed by atoms with Gasteiger partial charge in [0.25, 0.3) is 0 Å². The third-order valence-electron chi connectivity index (χ3n) is 8.25. The van der Waals surface area contributed by atoms with Gasteiger partial charge in [0, 0.05) is 6.42 Å². The third-order valence-corrected chi connectivity index (χ3v) is 8.25. The highest BCUT2D eigenvalue weighted by Crippen LogP contribution is 2.20. The van der Waals surface area contributed by atoms with E-state index in [0.29, 0.717) is 29.2 Å². The summed E-state index contributed by atoms with van der Waals surface area (Å²) in [6, 6.07) is 14.7. The average Bonchev–Trinajstić information content (AvgIpc) is 3.12. The first-order valence-electron chi connectivity index (χ1n) is 17.9. The third kappa shape index (κ3) is 14.9. The van der Waals surface area contributed by atoms with E-state index in [1.54, 1.807) is 50.2 Å². The number of aliphatic hydroxyl groups is 1. The Kier molecular flexibility index (Phi) is 18.0. The lowest BCUT2D eigenvalue weighted by atomic mass is 10.0. The first kappa shape index (κ1) is 39.3. The van der Waals surface area contributed by atoms with Gasteiger partial charge in [-0.1, -0.05) is 102 Å². The average molecular weight is 676 g/mol. The first-order chi connectivity index (χ1) is 23.8. The fourth-order valence-corrected chi connectivity index (χ4v) is 5.36. The topological polar surface area (TPSA) is 138 Å². The molecule has 49 heavy (non-hydrogen) atoms. The van der Waals surface area contributed by atoms with Gasteiger partial charge in [0.2, 0.25) is 0 Å². The summed E-state index contributed by atoms with van der Waals surface area (Å²) in [5.41, 5.74) is 1.85. The van der Waals surface area contributed by atoms with Crippen molar-refractivity contribution in [1.29, 1.82) is 0 Å². The fourth-order valence-electron chi connectivity index (χ4n) is 5.36. The van der Waals surface area contributed by atoms with Crippen LogP contribution in [0.15, 0.2) is 54.6 Å². The van der Waals surface area contributed by atoms with Crippen molar-refractivity contribution in [3.8, 4) is 0 Å². The van der Waals surface area contributed by atoms with Crippen LogP contribution in [0.5, 0.6) is 0 Å². The molecule has 0 aliphatic carbocycles. The van der Waals surface area contributed by atoms with Crippen molar-refractivity contribution in [3.05, 3.63) is 88.8 Å². The Labute approximate surface area is 291 Å². The molecule has 3 aromatic rings. The second-order valence-electron chi connectivity index (χ2n) is 12.4. The van der Waals surface area contributed by atoms with E-state index in [2.05, 4.69) is 21.9 Å². The van der Waals surface area contributed by atoms with E-state index < -0.39 is 24.1 Å². The molecule has 0 amide bonds. The van der Waals surface area contributed by atoms with E-state index in [1.165, 1.54) is 82.4 Å². The second kappa shape index (κ2) is 22.5. The zero-order chi connectivity index (χ0) is 35.3. The van der Waals surface area contributed by atoms with Gasteiger partial charge < -0.3 is 19.3 Å². The number of carbonyl (C=O) groups excluding carboxylic acids is 3. The normalized spacial score (nSPS) is 12.2. The van der Waals surface area contributed by atoms with Gasteiger partial charge in [-0.2, -0.15) is 0 Å². The van der Waals surface area contributed by atoms with Crippen LogP contribution in [0.1, 0.15) is 167 Å². The maximum Gasteiger partial charge on any atom is 0.357 e. The van der Waals surface area contributed by atoms with Crippen molar-refractivity contribution in [2.75, 3.05) is 0 Å². The van der Waals surface area contributed by atoms with E-state index in [0.717, 1.165) is 19.3 Å². The van der Waals surface area contributed by atoms with Gasteiger partial charge in [0.1, 0.15) is 30.2 Å². The zero-order valence-electron chi connectivity index (χ0n) is 29.4. The highest BCUT2D eigenvalue weighted by Gasteiger charge is 2.21. The Balaban J connectivity index is 1.36. The predicted octanol–water partition coefficient (Wildman–Crippen LogP) is 8.72. The summed E-state index contributed by atoms with van der Waals surface area (Å²) in [5.74, 6) is -1.71. The zero-order valence-corrected chi connectivity index (χ0v) is 29.4. The van der Waals surface area contributed by atoms with E-state index in [1.807, 2.05) is 0 Å². The van der Waals surface area contributed by atoms with E-state index in [4.69, 9.17) is 14.2 Å². The standard InChI is InChI=1S/C39H53N3O7/c1-4-5-6-7-8-9-10-11-12-13-14-15-16-26-37(44)47-28-32-21-18-23-34(41-32)30(3)49-39(46)36-25-19-24-35(42-36)38(45)48-29(2)33-22-17-20-31(27-43)40-33/h17-25,29-30,43H,4-16,26-28H2,1-3H3/t29-,30+/m0/s1. The quantitative estimate of drug-likeness (QED) is 0.0590. The van der Waals surface area contributed by atoms with Gasteiger partial charge in [-0.15, -0.1) is 0 Å². The van der Waals surface area contributed by atoms with Crippen LogP contribution in [0.2, 0.25) is 0 Å². The van der Waals surface area contributed by atoms with Crippen LogP contribution in [0.25, 0.3) is 0 Å². The Bertz CT molecular complexity index is 1450.